The first-order valence-electron chi connectivity index (χ1n) is 6.29. The van der Waals surface area contributed by atoms with Gasteiger partial charge < -0.3 is 10.0 Å². The fraction of sp³-hybridized carbons (Fsp3) is 0.538. The van der Waals surface area contributed by atoms with Gasteiger partial charge >= 0.3 is 5.97 Å². The smallest absolute Gasteiger partial charge is 0.339 e. The lowest BCUT2D eigenvalue weighted by atomic mass is 9.95. The van der Waals surface area contributed by atoms with Crippen molar-refractivity contribution in [3.63, 3.8) is 0 Å². The predicted octanol–water partition coefficient (Wildman–Crippen LogP) is 1.18. The van der Waals surface area contributed by atoms with Crippen molar-refractivity contribution in [2.75, 3.05) is 6.54 Å². The van der Waals surface area contributed by atoms with Crippen LogP contribution in [0.3, 0.4) is 0 Å². The number of hydrogen-bond acceptors (Lipinski definition) is 4. The van der Waals surface area contributed by atoms with Gasteiger partial charge in [0.2, 0.25) is 5.91 Å². The Morgan fingerprint density at radius 2 is 2.32 bits per heavy atom. The molecule has 0 aromatic carbocycles. The van der Waals surface area contributed by atoms with E-state index in [1.165, 1.54) is 12.5 Å². The molecular weight excluding hydrogens is 246 g/mol. The SMILES string of the molecule is CC(C)C1CC(=O)N(Cc2ncncc2C(=O)O)C1. The topological polar surface area (TPSA) is 83.4 Å². The second-order valence-corrected chi connectivity index (χ2v) is 5.17. The number of aromatic nitrogens is 2. The second kappa shape index (κ2) is 5.34. The maximum Gasteiger partial charge on any atom is 0.339 e. The molecule has 1 aliphatic rings. The Morgan fingerprint density at radius 3 is 2.89 bits per heavy atom. The van der Waals surface area contributed by atoms with Crippen LogP contribution in [0.5, 0.6) is 0 Å². The van der Waals surface area contributed by atoms with Crippen LogP contribution in [-0.2, 0) is 11.3 Å². The van der Waals surface area contributed by atoms with Gasteiger partial charge in [-0.25, -0.2) is 14.8 Å². The van der Waals surface area contributed by atoms with E-state index in [4.69, 9.17) is 5.11 Å². The predicted molar refractivity (Wildman–Crippen MR) is 67.4 cm³/mol. The van der Waals surface area contributed by atoms with Crippen molar-refractivity contribution in [1.82, 2.24) is 14.9 Å². The van der Waals surface area contributed by atoms with Crippen LogP contribution in [0.1, 0.15) is 36.3 Å². The normalized spacial score (nSPS) is 19.2. The summed E-state index contributed by atoms with van der Waals surface area (Å²) in [6.07, 6.45) is 3.11. The van der Waals surface area contributed by atoms with Crippen molar-refractivity contribution in [2.24, 2.45) is 11.8 Å². The average molecular weight is 263 g/mol. The number of likely N-dealkylation sites (tertiary alicyclic amines) is 1. The summed E-state index contributed by atoms with van der Waals surface area (Å²) in [5, 5.41) is 9.06. The van der Waals surface area contributed by atoms with Gasteiger partial charge in [0.05, 0.1) is 12.2 Å². The van der Waals surface area contributed by atoms with E-state index in [9.17, 15) is 9.59 Å². The van der Waals surface area contributed by atoms with Gasteiger partial charge in [-0.15, -0.1) is 0 Å². The Hall–Kier alpha value is -1.98. The molecule has 6 heteroatoms. The molecule has 1 aromatic rings. The Bertz CT molecular complexity index is 502. The van der Waals surface area contributed by atoms with Gasteiger partial charge in [-0.2, -0.15) is 0 Å². The minimum atomic E-state index is -1.07. The van der Waals surface area contributed by atoms with E-state index >= 15 is 0 Å². The number of carbonyl (C=O) groups excluding carboxylic acids is 1. The number of nitrogens with zero attached hydrogens (tertiary/aromatic N) is 3. The Morgan fingerprint density at radius 1 is 1.58 bits per heavy atom. The molecule has 2 heterocycles. The zero-order valence-electron chi connectivity index (χ0n) is 11.0. The minimum Gasteiger partial charge on any atom is -0.478 e. The molecule has 2 rings (SSSR count). The second-order valence-electron chi connectivity index (χ2n) is 5.17. The largest absolute Gasteiger partial charge is 0.478 e. The Balaban J connectivity index is 2.14. The quantitative estimate of drug-likeness (QED) is 0.881. The van der Waals surface area contributed by atoms with Crippen molar-refractivity contribution in [3.8, 4) is 0 Å². The summed E-state index contributed by atoms with van der Waals surface area (Å²) in [5.74, 6) is -0.225. The molecule has 1 amide bonds. The van der Waals surface area contributed by atoms with Crippen molar-refractivity contribution >= 4 is 11.9 Å². The van der Waals surface area contributed by atoms with E-state index in [0.717, 1.165) is 0 Å². The molecular formula is C13H17N3O3. The summed E-state index contributed by atoms with van der Waals surface area (Å²) in [4.78, 5) is 32.3. The summed E-state index contributed by atoms with van der Waals surface area (Å²) >= 11 is 0. The third kappa shape index (κ3) is 2.89. The monoisotopic (exact) mass is 263 g/mol. The summed E-state index contributed by atoms with van der Waals surface area (Å²) in [5.41, 5.74) is 0.448. The average Bonchev–Trinajstić information content (AvgIpc) is 2.72. The third-order valence-corrected chi connectivity index (χ3v) is 3.55. The highest BCUT2D eigenvalue weighted by Gasteiger charge is 2.32. The third-order valence-electron chi connectivity index (χ3n) is 3.55. The summed E-state index contributed by atoms with van der Waals surface area (Å²) in [7, 11) is 0. The summed E-state index contributed by atoms with van der Waals surface area (Å²) in [6.45, 7) is 5.09. The van der Waals surface area contributed by atoms with Gasteiger partial charge in [0, 0.05) is 19.2 Å². The highest BCUT2D eigenvalue weighted by molar-refractivity contribution is 5.88. The van der Waals surface area contributed by atoms with Gasteiger partial charge in [0.15, 0.2) is 0 Å². The lowest BCUT2D eigenvalue weighted by Gasteiger charge is -2.18. The lowest BCUT2D eigenvalue weighted by molar-refractivity contribution is -0.128. The lowest BCUT2D eigenvalue weighted by Crippen LogP contribution is -2.27. The highest BCUT2D eigenvalue weighted by Crippen LogP contribution is 2.26. The van der Waals surface area contributed by atoms with E-state index in [2.05, 4.69) is 23.8 Å². The molecule has 19 heavy (non-hydrogen) atoms. The van der Waals surface area contributed by atoms with Crippen molar-refractivity contribution in [3.05, 3.63) is 23.8 Å². The molecule has 0 bridgehead atoms. The van der Waals surface area contributed by atoms with Crippen LogP contribution < -0.4 is 0 Å². The van der Waals surface area contributed by atoms with Gasteiger partial charge in [-0.1, -0.05) is 13.8 Å². The number of carboxylic acids is 1. The molecule has 0 radical (unpaired) electrons. The molecule has 1 aromatic heterocycles. The van der Waals surface area contributed by atoms with Gasteiger partial charge in [-0.3, -0.25) is 4.79 Å². The number of rotatable bonds is 4. The van der Waals surface area contributed by atoms with Crippen LogP contribution >= 0.6 is 0 Å². The van der Waals surface area contributed by atoms with Crippen LogP contribution in [0, 0.1) is 11.8 Å². The molecule has 0 saturated carbocycles. The van der Waals surface area contributed by atoms with Crippen molar-refractivity contribution in [1.29, 1.82) is 0 Å². The van der Waals surface area contributed by atoms with Gasteiger partial charge in [0.1, 0.15) is 11.9 Å². The van der Waals surface area contributed by atoms with E-state index in [-0.39, 0.29) is 18.0 Å². The summed E-state index contributed by atoms with van der Waals surface area (Å²) in [6, 6.07) is 0. The molecule has 6 nitrogen and oxygen atoms in total. The molecule has 102 valence electrons. The van der Waals surface area contributed by atoms with E-state index in [1.54, 1.807) is 4.90 Å². The standard InChI is InChI=1S/C13H17N3O3/c1-8(2)9-3-12(17)16(5-9)6-11-10(13(18)19)4-14-7-15-11/h4,7-9H,3,5-6H2,1-2H3,(H,18,19). The van der Waals surface area contributed by atoms with E-state index in [0.29, 0.717) is 30.5 Å². The number of amides is 1. The zero-order valence-corrected chi connectivity index (χ0v) is 11.0. The van der Waals surface area contributed by atoms with Crippen LogP contribution in [0.25, 0.3) is 0 Å². The van der Waals surface area contributed by atoms with Crippen LogP contribution in [0.2, 0.25) is 0 Å². The molecule has 1 atom stereocenters. The number of aromatic carboxylic acids is 1. The zero-order chi connectivity index (χ0) is 14.0. The molecule has 1 N–H and O–H groups in total. The van der Waals surface area contributed by atoms with Crippen LogP contribution in [0.15, 0.2) is 12.5 Å². The fourth-order valence-corrected chi connectivity index (χ4v) is 2.24. The van der Waals surface area contributed by atoms with Gasteiger partial charge in [0.25, 0.3) is 0 Å². The number of carboxylic acid groups (broad SMARTS) is 1. The minimum absolute atomic E-state index is 0.0586. The Kier molecular flexibility index (Phi) is 3.78. The number of hydrogen-bond donors (Lipinski definition) is 1. The van der Waals surface area contributed by atoms with Gasteiger partial charge in [-0.05, 0) is 11.8 Å². The van der Waals surface area contributed by atoms with E-state index in [1.807, 2.05) is 0 Å². The molecule has 0 aliphatic carbocycles. The molecule has 0 spiro atoms. The first kappa shape index (κ1) is 13.5. The maximum atomic E-state index is 11.9. The Labute approximate surface area is 111 Å². The molecule has 1 fully saturated rings. The summed E-state index contributed by atoms with van der Waals surface area (Å²) < 4.78 is 0. The highest BCUT2D eigenvalue weighted by atomic mass is 16.4. The van der Waals surface area contributed by atoms with Crippen molar-refractivity contribution < 1.29 is 14.7 Å². The molecule has 1 saturated heterocycles. The first-order chi connectivity index (χ1) is 8.99. The molecule has 1 unspecified atom stereocenters. The fourth-order valence-electron chi connectivity index (χ4n) is 2.24. The van der Waals surface area contributed by atoms with Crippen LogP contribution in [-0.4, -0.2) is 38.4 Å². The molecule has 1 aliphatic heterocycles. The van der Waals surface area contributed by atoms with Crippen molar-refractivity contribution in [2.45, 2.75) is 26.8 Å². The van der Waals surface area contributed by atoms with Crippen LogP contribution in [0.4, 0.5) is 0 Å². The van der Waals surface area contributed by atoms with E-state index < -0.39 is 5.97 Å². The first-order valence-corrected chi connectivity index (χ1v) is 6.29. The number of carbonyl (C=O) groups is 2. The maximum absolute atomic E-state index is 11.9.